The van der Waals surface area contributed by atoms with Crippen LogP contribution in [0.4, 0.5) is 22.0 Å². The molecule has 1 unspecified atom stereocenters. The van der Waals surface area contributed by atoms with Crippen molar-refractivity contribution in [1.82, 2.24) is 0 Å². The fraction of sp³-hybridized carbons (Fsp3) is 0.455. The maximum atomic E-state index is 13.3. The van der Waals surface area contributed by atoms with Gasteiger partial charge in [0.15, 0.2) is 0 Å². The molecule has 2 nitrogen and oxygen atoms in total. The highest BCUT2D eigenvalue weighted by Crippen LogP contribution is 2.51. The van der Waals surface area contributed by atoms with Crippen molar-refractivity contribution in [1.29, 1.82) is 0 Å². The number of hydrogen-bond donors (Lipinski definition) is 0. The Labute approximate surface area is 124 Å². The largest absolute Gasteiger partial charge is 0.496 e. The summed E-state index contributed by atoms with van der Waals surface area (Å²) in [5.41, 5.74) is -0.517. The highest BCUT2D eigenvalue weighted by Gasteiger charge is 2.63. The molecule has 0 radical (unpaired) electrons. The van der Waals surface area contributed by atoms with E-state index < -0.39 is 23.0 Å². The van der Waals surface area contributed by atoms with Crippen LogP contribution < -0.4 is 9.47 Å². The summed E-state index contributed by atoms with van der Waals surface area (Å²) in [6, 6.07) is 2.18. The van der Waals surface area contributed by atoms with E-state index in [1.165, 1.54) is 13.2 Å². The van der Waals surface area contributed by atoms with Gasteiger partial charge in [-0.15, -0.1) is 11.6 Å². The highest BCUT2D eigenvalue weighted by molar-refractivity contribution is 9.10. The summed E-state index contributed by atoms with van der Waals surface area (Å²) in [6.07, 6.45) is -5.77. The fourth-order valence-electron chi connectivity index (χ4n) is 1.42. The SMILES string of the molecule is COc1cc(C(Cl)C(F)(F)C(F)(F)F)c(OC)cc1Br. The Morgan fingerprint density at radius 2 is 1.55 bits per heavy atom. The normalized spacial score (nSPS) is 14.1. The second-order valence-corrected chi connectivity index (χ2v) is 5.00. The molecule has 0 aliphatic heterocycles. The van der Waals surface area contributed by atoms with Gasteiger partial charge < -0.3 is 9.47 Å². The van der Waals surface area contributed by atoms with Crippen LogP contribution in [0.25, 0.3) is 0 Å². The lowest BCUT2D eigenvalue weighted by atomic mass is 10.0. The van der Waals surface area contributed by atoms with Crippen LogP contribution >= 0.6 is 27.5 Å². The minimum absolute atomic E-state index is 0.0597. The first-order valence-electron chi connectivity index (χ1n) is 5.06. The minimum atomic E-state index is -5.77. The lowest BCUT2D eigenvalue weighted by Gasteiger charge is -2.26. The Morgan fingerprint density at radius 1 is 1.05 bits per heavy atom. The number of hydrogen-bond acceptors (Lipinski definition) is 2. The van der Waals surface area contributed by atoms with E-state index in [0.717, 1.165) is 13.2 Å². The Hall–Kier alpha value is -0.760. The topological polar surface area (TPSA) is 18.5 Å². The Kier molecular flexibility index (Phi) is 5.13. The molecule has 0 spiro atoms. The molecule has 1 aromatic carbocycles. The molecule has 0 fully saturated rings. The van der Waals surface area contributed by atoms with Gasteiger partial charge in [0.25, 0.3) is 0 Å². The molecule has 1 aromatic rings. The van der Waals surface area contributed by atoms with Gasteiger partial charge in [-0.1, -0.05) is 0 Å². The smallest absolute Gasteiger partial charge is 0.455 e. The van der Waals surface area contributed by atoms with Gasteiger partial charge in [-0.3, -0.25) is 0 Å². The molecule has 0 aliphatic carbocycles. The number of methoxy groups -OCH3 is 2. The maximum absolute atomic E-state index is 13.3. The van der Waals surface area contributed by atoms with E-state index in [0.29, 0.717) is 4.47 Å². The number of benzene rings is 1. The zero-order chi connectivity index (χ0) is 15.7. The van der Waals surface area contributed by atoms with Gasteiger partial charge in [0.2, 0.25) is 0 Å². The average molecular weight is 384 g/mol. The predicted molar refractivity (Wildman–Crippen MR) is 66.8 cm³/mol. The predicted octanol–water partition coefficient (Wildman–Crippen LogP) is 4.94. The summed E-state index contributed by atoms with van der Waals surface area (Å²) in [6.45, 7) is 0. The van der Waals surface area contributed by atoms with Crippen molar-refractivity contribution in [3.63, 3.8) is 0 Å². The van der Waals surface area contributed by atoms with Gasteiger partial charge in [-0.2, -0.15) is 22.0 Å². The van der Waals surface area contributed by atoms with Crippen LogP contribution in [-0.2, 0) is 0 Å². The molecule has 0 amide bonds. The number of alkyl halides is 6. The third-order valence-electron chi connectivity index (χ3n) is 2.47. The number of ether oxygens (including phenoxy) is 2. The first-order chi connectivity index (χ1) is 9.06. The van der Waals surface area contributed by atoms with Gasteiger partial charge in [-0.05, 0) is 28.1 Å². The molecule has 0 heterocycles. The minimum Gasteiger partial charge on any atom is -0.496 e. The maximum Gasteiger partial charge on any atom is 0.455 e. The Bertz CT molecular complexity index is 492. The number of rotatable bonds is 4. The van der Waals surface area contributed by atoms with Crippen LogP contribution in [0, 0.1) is 0 Å². The zero-order valence-electron chi connectivity index (χ0n) is 10.2. The molecule has 114 valence electrons. The van der Waals surface area contributed by atoms with E-state index in [-0.39, 0.29) is 11.5 Å². The molecule has 0 bridgehead atoms. The molecule has 1 atom stereocenters. The Morgan fingerprint density at radius 3 is 1.95 bits per heavy atom. The van der Waals surface area contributed by atoms with E-state index in [1.54, 1.807) is 0 Å². The molecule has 9 heteroatoms. The fourth-order valence-corrected chi connectivity index (χ4v) is 2.20. The van der Waals surface area contributed by atoms with Crippen LogP contribution in [-0.4, -0.2) is 26.3 Å². The molecule has 20 heavy (non-hydrogen) atoms. The lowest BCUT2D eigenvalue weighted by molar-refractivity contribution is -0.283. The van der Waals surface area contributed by atoms with Crippen LogP contribution in [0.2, 0.25) is 0 Å². The summed E-state index contributed by atoms with van der Waals surface area (Å²) in [7, 11) is 2.37. The first-order valence-corrected chi connectivity index (χ1v) is 6.29. The van der Waals surface area contributed by atoms with Gasteiger partial charge in [-0.25, -0.2) is 0 Å². The summed E-state index contributed by atoms with van der Waals surface area (Å²) >= 11 is 8.39. The van der Waals surface area contributed by atoms with Crippen molar-refractivity contribution in [2.24, 2.45) is 0 Å². The van der Waals surface area contributed by atoms with Crippen molar-refractivity contribution < 1.29 is 31.4 Å². The average Bonchev–Trinajstić information content (AvgIpc) is 2.36. The van der Waals surface area contributed by atoms with Crippen LogP contribution in [0.5, 0.6) is 11.5 Å². The summed E-state index contributed by atoms with van der Waals surface area (Å²) in [5, 5.41) is -2.64. The lowest BCUT2D eigenvalue weighted by Crippen LogP contribution is -2.40. The van der Waals surface area contributed by atoms with Crippen molar-refractivity contribution in [2.45, 2.75) is 17.5 Å². The second-order valence-electron chi connectivity index (χ2n) is 3.71. The van der Waals surface area contributed by atoms with E-state index in [1.807, 2.05) is 0 Å². The molecule has 0 saturated carbocycles. The monoisotopic (exact) mass is 382 g/mol. The third kappa shape index (κ3) is 3.11. The van der Waals surface area contributed by atoms with Crippen molar-refractivity contribution in [3.05, 3.63) is 22.2 Å². The van der Waals surface area contributed by atoms with E-state index in [2.05, 4.69) is 15.9 Å². The van der Waals surface area contributed by atoms with Gasteiger partial charge in [0, 0.05) is 5.56 Å². The Balaban J connectivity index is 3.38. The zero-order valence-corrected chi connectivity index (χ0v) is 12.5. The molecular formula is C11H9BrClF5O2. The van der Waals surface area contributed by atoms with Gasteiger partial charge >= 0.3 is 12.1 Å². The van der Waals surface area contributed by atoms with E-state index >= 15 is 0 Å². The molecule has 0 saturated heterocycles. The van der Waals surface area contributed by atoms with E-state index in [4.69, 9.17) is 21.1 Å². The number of halogens is 7. The van der Waals surface area contributed by atoms with E-state index in [9.17, 15) is 22.0 Å². The first kappa shape index (κ1) is 17.3. The summed E-state index contributed by atoms with van der Waals surface area (Å²) in [4.78, 5) is 0. The van der Waals surface area contributed by atoms with Crippen molar-refractivity contribution in [3.8, 4) is 11.5 Å². The molecule has 0 N–H and O–H groups in total. The highest BCUT2D eigenvalue weighted by atomic mass is 79.9. The van der Waals surface area contributed by atoms with Gasteiger partial charge in [0.05, 0.1) is 18.7 Å². The standard InChI is InChI=1S/C11H9BrClF5O2/c1-19-7-4-6(12)8(20-2)3-5(7)9(13)10(14,15)11(16,17)18/h3-4,9H,1-2H3. The van der Waals surface area contributed by atoms with Gasteiger partial charge in [0.1, 0.15) is 16.9 Å². The molecule has 0 aliphatic rings. The second kappa shape index (κ2) is 5.93. The van der Waals surface area contributed by atoms with Crippen LogP contribution in [0.1, 0.15) is 10.9 Å². The molecular weight excluding hydrogens is 374 g/mol. The summed E-state index contributed by atoms with van der Waals surface area (Å²) < 4.78 is 73.6. The third-order valence-corrected chi connectivity index (χ3v) is 3.60. The van der Waals surface area contributed by atoms with Crippen molar-refractivity contribution in [2.75, 3.05) is 14.2 Å². The van der Waals surface area contributed by atoms with Crippen molar-refractivity contribution >= 4 is 27.5 Å². The quantitative estimate of drug-likeness (QED) is 0.541. The van der Waals surface area contributed by atoms with Crippen LogP contribution in [0.3, 0.4) is 0 Å². The van der Waals surface area contributed by atoms with Crippen LogP contribution in [0.15, 0.2) is 16.6 Å². The summed E-state index contributed by atoms with van der Waals surface area (Å²) in [5.74, 6) is -5.26. The molecule has 1 rings (SSSR count). The molecule has 0 aromatic heterocycles.